The van der Waals surface area contributed by atoms with Crippen LogP contribution in [-0.4, -0.2) is 23.9 Å². The number of carbonyl (C=O) groups excluding carboxylic acids is 2. The van der Waals surface area contributed by atoms with Gasteiger partial charge in [-0.05, 0) is 73.6 Å². The number of fused-ring (bicyclic) bond motifs is 1. The zero-order chi connectivity index (χ0) is 22.7. The molecule has 1 atom stereocenters. The van der Waals surface area contributed by atoms with Crippen molar-refractivity contribution in [3.63, 3.8) is 0 Å². The number of ether oxygens (including phenoxy) is 1. The summed E-state index contributed by atoms with van der Waals surface area (Å²) in [5.41, 5.74) is 3.98. The molecule has 0 radical (unpaired) electrons. The Labute approximate surface area is 192 Å². The highest BCUT2D eigenvalue weighted by molar-refractivity contribution is 7.15. The molecule has 0 spiro atoms. The fraction of sp³-hybridized carbons (Fsp3) is 0.320. The number of rotatable bonds is 6. The van der Waals surface area contributed by atoms with E-state index < -0.39 is 0 Å². The van der Waals surface area contributed by atoms with Gasteiger partial charge in [0, 0.05) is 22.5 Å². The van der Waals surface area contributed by atoms with Gasteiger partial charge in [0.25, 0.3) is 11.8 Å². The Balaban J connectivity index is 1.38. The van der Waals surface area contributed by atoms with Crippen LogP contribution in [0.25, 0.3) is 0 Å². The minimum Gasteiger partial charge on any atom is -0.496 e. The lowest BCUT2D eigenvalue weighted by molar-refractivity contribution is 0.0950. The van der Waals surface area contributed by atoms with Gasteiger partial charge in [-0.2, -0.15) is 0 Å². The summed E-state index contributed by atoms with van der Waals surface area (Å²) in [7, 11) is 1.61. The molecule has 1 aliphatic carbocycles. The summed E-state index contributed by atoms with van der Waals surface area (Å²) in [6, 6.07) is 12.6. The number of hydrogen-bond acceptors (Lipinski definition) is 5. The van der Waals surface area contributed by atoms with Crippen molar-refractivity contribution in [1.29, 1.82) is 0 Å². The Hall–Kier alpha value is -3.19. The van der Waals surface area contributed by atoms with E-state index >= 15 is 0 Å². The Morgan fingerprint density at radius 3 is 2.75 bits per heavy atom. The van der Waals surface area contributed by atoms with Gasteiger partial charge >= 0.3 is 0 Å². The largest absolute Gasteiger partial charge is 0.496 e. The molecule has 0 fully saturated rings. The number of aromatic nitrogens is 1. The molecule has 3 aromatic rings. The van der Waals surface area contributed by atoms with E-state index in [0.717, 1.165) is 41.8 Å². The van der Waals surface area contributed by atoms with Crippen molar-refractivity contribution in [3.8, 4) is 5.75 Å². The van der Waals surface area contributed by atoms with Gasteiger partial charge in [-0.15, -0.1) is 11.3 Å². The van der Waals surface area contributed by atoms with Gasteiger partial charge in [0.1, 0.15) is 5.75 Å². The van der Waals surface area contributed by atoms with Crippen LogP contribution in [0.1, 0.15) is 55.8 Å². The van der Waals surface area contributed by atoms with Gasteiger partial charge in [-0.1, -0.05) is 19.1 Å². The number of methoxy groups -OCH3 is 1. The summed E-state index contributed by atoms with van der Waals surface area (Å²) >= 11 is 1.57. The van der Waals surface area contributed by atoms with Crippen LogP contribution in [0.5, 0.6) is 5.75 Å². The lowest BCUT2D eigenvalue weighted by Gasteiger charge is -2.15. The monoisotopic (exact) mass is 449 g/mol. The van der Waals surface area contributed by atoms with Crippen LogP contribution in [0.15, 0.2) is 42.5 Å². The Morgan fingerprint density at radius 1 is 1.16 bits per heavy atom. The highest BCUT2D eigenvalue weighted by Crippen LogP contribution is 2.32. The van der Waals surface area contributed by atoms with Crippen molar-refractivity contribution < 1.29 is 14.3 Å². The number of amides is 2. The van der Waals surface area contributed by atoms with Crippen molar-refractivity contribution >= 4 is 28.3 Å². The van der Waals surface area contributed by atoms with Crippen LogP contribution in [0.4, 0.5) is 5.13 Å². The number of thiazole rings is 1. The number of aryl methyl sites for hydroxylation is 2. The molecular weight excluding hydrogens is 422 g/mol. The first-order valence-corrected chi connectivity index (χ1v) is 11.6. The molecule has 0 saturated heterocycles. The first-order valence-electron chi connectivity index (χ1n) is 10.7. The van der Waals surface area contributed by atoms with E-state index in [0.29, 0.717) is 28.7 Å². The lowest BCUT2D eigenvalue weighted by Crippen LogP contribution is -2.23. The van der Waals surface area contributed by atoms with Crippen molar-refractivity contribution in [2.75, 3.05) is 12.4 Å². The SMILES string of the molecule is COc1ccc(C(=O)NCc2cccc(C(=O)Nc3nc4c(s3)C[C@@H](C)CC4)c2)cc1C. The molecule has 2 aromatic carbocycles. The molecule has 0 unspecified atom stereocenters. The lowest BCUT2D eigenvalue weighted by atomic mass is 9.93. The second-order valence-corrected chi connectivity index (χ2v) is 9.34. The van der Waals surface area contributed by atoms with Gasteiger partial charge < -0.3 is 10.1 Å². The zero-order valence-corrected chi connectivity index (χ0v) is 19.3. The molecule has 1 aromatic heterocycles. The molecule has 6 nitrogen and oxygen atoms in total. The first kappa shape index (κ1) is 22.0. The minimum atomic E-state index is -0.192. The fourth-order valence-corrected chi connectivity index (χ4v) is 5.06. The zero-order valence-electron chi connectivity index (χ0n) is 18.5. The van der Waals surface area contributed by atoms with Gasteiger partial charge in [0.15, 0.2) is 5.13 Å². The quantitative estimate of drug-likeness (QED) is 0.568. The average Bonchev–Trinajstić information content (AvgIpc) is 3.18. The van der Waals surface area contributed by atoms with Crippen LogP contribution in [0.3, 0.4) is 0 Å². The molecular formula is C25H27N3O3S. The Kier molecular flexibility index (Phi) is 6.55. The molecule has 2 N–H and O–H groups in total. The van der Waals surface area contributed by atoms with E-state index in [1.165, 1.54) is 4.88 Å². The summed E-state index contributed by atoms with van der Waals surface area (Å²) in [4.78, 5) is 31.2. The molecule has 0 aliphatic heterocycles. The molecule has 1 aliphatic rings. The standard InChI is InChI=1S/C25H27N3O3S/c1-15-7-9-20-22(11-15)32-25(27-20)28-24(30)18-6-4-5-17(13-18)14-26-23(29)19-8-10-21(31-3)16(2)12-19/h4-6,8,10,12-13,15H,7,9,11,14H2,1-3H3,(H,26,29)(H,27,28,30)/t15-/m0/s1. The summed E-state index contributed by atoms with van der Waals surface area (Å²) in [5, 5.41) is 6.50. The van der Waals surface area contributed by atoms with Gasteiger partial charge in [-0.3, -0.25) is 14.9 Å². The number of carbonyl (C=O) groups is 2. The Bertz CT molecular complexity index is 1160. The number of hydrogen-bond donors (Lipinski definition) is 2. The maximum Gasteiger partial charge on any atom is 0.257 e. The second kappa shape index (κ2) is 9.53. The van der Waals surface area contributed by atoms with E-state index in [4.69, 9.17) is 4.74 Å². The van der Waals surface area contributed by atoms with Crippen LogP contribution in [0.2, 0.25) is 0 Å². The van der Waals surface area contributed by atoms with E-state index in [9.17, 15) is 9.59 Å². The van der Waals surface area contributed by atoms with Crippen molar-refractivity contribution in [2.24, 2.45) is 5.92 Å². The summed E-state index contributed by atoms with van der Waals surface area (Å²) < 4.78 is 5.24. The van der Waals surface area contributed by atoms with Crippen LogP contribution >= 0.6 is 11.3 Å². The molecule has 1 heterocycles. The van der Waals surface area contributed by atoms with E-state index in [1.807, 2.05) is 19.1 Å². The molecule has 2 amide bonds. The highest BCUT2D eigenvalue weighted by atomic mass is 32.1. The average molecular weight is 450 g/mol. The topological polar surface area (TPSA) is 80.3 Å². The van der Waals surface area contributed by atoms with Crippen molar-refractivity contribution in [1.82, 2.24) is 10.3 Å². The highest BCUT2D eigenvalue weighted by Gasteiger charge is 2.20. The second-order valence-electron chi connectivity index (χ2n) is 8.26. The smallest absolute Gasteiger partial charge is 0.257 e. The molecule has 0 bridgehead atoms. The van der Waals surface area contributed by atoms with E-state index in [1.54, 1.807) is 48.8 Å². The van der Waals surface area contributed by atoms with Crippen molar-refractivity contribution in [3.05, 3.63) is 75.3 Å². The molecule has 0 saturated carbocycles. The van der Waals surface area contributed by atoms with E-state index in [2.05, 4.69) is 22.5 Å². The first-order chi connectivity index (χ1) is 15.4. The predicted octanol–water partition coefficient (Wildman–Crippen LogP) is 4.77. The summed E-state index contributed by atoms with van der Waals surface area (Å²) in [6.07, 6.45) is 3.16. The van der Waals surface area contributed by atoms with Gasteiger partial charge in [0.05, 0.1) is 12.8 Å². The maximum absolute atomic E-state index is 12.8. The van der Waals surface area contributed by atoms with Gasteiger partial charge in [0.2, 0.25) is 0 Å². The summed E-state index contributed by atoms with van der Waals surface area (Å²) in [5.74, 6) is 1.05. The molecule has 32 heavy (non-hydrogen) atoms. The Morgan fingerprint density at radius 2 is 1.97 bits per heavy atom. The molecule has 4 rings (SSSR count). The van der Waals surface area contributed by atoms with Crippen LogP contribution in [0, 0.1) is 12.8 Å². The third-order valence-corrected chi connectivity index (χ3v) is 6.74. The number of nitrogens with one attached hydrogen (secondary N) is 2. The predicted molar refractivity (Wildman–Crippen MR) is 127 cm³/mol. The van der Waals surface area contributed by atoms with Crippen LogP contribution < -0.4 is 15.4 Å². The number of anilines is 1. The van der Waals surface area contributed by atoms with Crippen LogP contribution in [-0.2, 0) is 19.4 Å². The molecule has 166 valence electrons. The van der Waals surface area contributed by atoms with E-state index in [-0.39, 0.29) is 11.8 Å². The molecule has 7 heteroatoms. The summed E-state index contributed by atoms with van der Waals surface area (Å²) in [6.45, 7) is 4.48. The maximum atomic E-state index is 12.8. The third kappa shape index (κ3) is 4.99. The van der Waals surface area contributed by atoms with Gasteiger partial charge in [-0.25, -0.2) is 4.98 Å². The fourth-order valence-electron chi connectivity index (χ4n) is 3.89. The normalized spacial score (nSPS) is 15.0. The third-order valence-electron chi connectivity index (χ3n) is 5.71. The van der Waals surface area contributed by atoms with Crippen molar-refractivity contribution in [2.45, 2.75) is 39.7 Å². The number of benzene rings is 2. The minimum absolute atomic E-state index is 0.173. The number of nitrogens with zero attached hydrogens (tertiary/aromatic N) is 1.